The predicted molar refractivity (Wildman–Crippen MR) is 75.1 cm³/mol. The Morgan fingerprint density at radius 3 is 2.47 bits per heavy atom. The summed E-state index contributed by atoms with van der Waals surface area (Å²) in [6.45, 7) is 9.79. The lowest BCUT2D eigenvalue weighted by Crippen LogP contribution is -2.12. The zero-order valence-corrected chi connectivity index (χ0v) is 12.1. The van der Waals surface area contributed by atoms with E-state index in [1.165, 1.54) is 11.1 Å². The molecule has 102 valence electrons. The molecule has 4 nitrogen and oxygen atoms in total. The van der Waals surface area contributed by atoms with E-state index in [2.05, 4.69) is 43.8 Å². The molecule has 0 bridgehead atoms. The molecule has 0 radical (unpaired) electrons. The van der Waals surface area contributed by atoms with Gasteiger partial charge < -0.3 is 4.74 Å². The van der Waals surface area contributed by atoms with Crippen LogP contribution in [0, 0.1) is 19.8 Å². The standard InChI is InChI=1S/C15H21N3O/c1-11(2)8-18-15(16-10-17-18)9-19-14-6-12(3)5-13(4)7-14/h5-7,10-11H,8-9H2,1-4H3. The van der Waals surface area contributed by atoms with Crippen molar-refractivity contribution in [3.63, 3.8) is 0 Å². The lowest BCUT2D eigenvalue weighted by molar-refractivity contribution is 0.282. The molecular weight excluding hydrogens is 238 g/mol. The summed E-state index contributed by atoms with van der Waals surface area (Å²) < 4.78 is 7.72. The van der Waals surface area contributed by atoms with Crippen molar-refractivity contribution >= 4 is 0 Å². The summed E-state index contributed by atoms with van der Waals surface area (Å²) in [5, 5.41) is 4.23. The van der Waals surface area contributed by atoms with Crippen molar-refractivity contribution in [2.24, 2.45) is 5.92 Å². The Bertz CT molecular complexity index is 526. The molecule has 2 aromatic rings. The first kappa shape index (κ1) is 13.6. The number of benzene rings is 1. The molecule has 0 N–H and O–H groups in total. The van der Waals surface area contributed by atoms with E-state index < -0.39 is 0 Å². The molecule has 0 saturated carbocycles. The summed E-state index contributed by atoms with van der Waals surface area (Å²) in [5.74, 6) is 2.30. The van der Waals surface area contributed by atoms with Gasteiger partial charge in [0, 0.05) is 6.54 Å². The quantitative estimate of drug-likeness (QED) is 0.828. The van der Waals surface area contributed by atoms with Gasteiger partial charge in [0.1, 0.15) is 18.7 Å². The van der Waals surface area contributed by atoms with Crippen LogP contribution < -0.4 is 4.74 Å². The fourth-order valence-electron chi connectivity index (χ4n) is 2.06. The number of nitrogens with zero attached hydrogens (tertiary/aromatic N) is 3. The largest absolute Gasteiger partial charge is 0.486 e. The maximum absolute atomic E-state index is 5.81. The third-order valence-electron chi connectivity index (χ3n) is 2.80. The summed E-state index contributed by atoms with van der Waals surface area (Å²) in [6, 6.07) is 6.21. The van der Waals surface area contributed by atoms with Crippen LogP contribution in [0.25, 0.3) is 0 Å². The van der Waals surface area contributed by atoms with Crippen LogP contribution in [0.15, 0.2) is 24.5 Å². The van der Waals surface area contributed by atoms with Crippen molar-refractivity contribution in [1.29, 1.82) is 0 Å². The van der Waals surface area contributed by atoms with Crippen LogP contribution in [0.2, 0.25) is 0 Å². The zero-order valence-electron chi connectivity index (χ0n) is 12.1. The van der Waals surface area contributed by atoms with E-state index >= 15 is 0 Å². The maximum Gasteiger partial charge on any atom is 0.164 e. The van der Waals surface area contributed by atoms with E-state index in [0.29, 0.717) is 12.5 Å². The second kappa shape index (κ2) is 5.87. The second-order valence-corrected chi connectivity index (χ2v) is 5.36. The molecule has 4 heteroatoms. The molecular formula is C15H21N3O. The summed E-state index contributed by atoms with van der Waals surface area (Å²) >= 11 is 0. The average molecular weight is 259 g/mol. The van der Waals surface area contributed by atoms with Crippen molar-refractivity contribution in [3.05, 3.63) is 41.5 Å². The molecule has 0 aliphatic carbocycles. The smallest absolute Gasteiger partial charge is 0.164 e. The third kappa shape index (κ3) is 3.81. The molecule has 1 heterocycles. The third-order valence-corrected chi connectivity index (χ3v) is 2.80. The average Bonchev–Trinajstić information content (AvgIpc) is 2.71. The van der Waals surface area contributed by atoms with Gasteiger partial charge >= 0.3 is 0 Å². The number of hydrogen-bond acceptors (Lipinski definition) is 3. The first-order valence-corrected chi connectivity index (χ1v) is 6.62. The minimum absolute atomic E-state index is 0.454. The van der Waals surface area contributed by atoms with Gasteiger partial charge in [0.2, 0.25) is 0 Å². The molecule has 1 aromatic carbocycles. The van der Waals surface area contributed by atoms with E-state index in [1.54, 1.807) is 6.33 Å². The Kier molecular flexibility index (Phi) is 4.20. The van der Waals surface area contributed by atoms with E-state index in [-0.39, 0.29) is 0 Å². The van der Waals surface area contributed by atoms with Gasteiger partial charge in [-0.25, -0.2) is 9.67 Å². The van der Waals surface area contributed by atoms with E-state index in [0.717, 1.165) is 18.1 Å². The Morgan fingerprint density at radius 1 is 1.16 bits per heavy atom. The zero-order chi connectivity index (χ0) is 13.8. The van der Waals surface area contributed by atoms with Gasteiger partial charge in [-0.05, 0) is 43.0 Å². The van der Waals surface area contributed by atoms with Gasteiger partial charge in [-0.15, -0.1) is 0 Å². The molecule has 0 fully saturated rings. The van der Waals surface area contributed by atoms with Crippen LogP contribution in [0.5, 0.6) is 5.75 Å². The topological polar surface area (TPSA) is 39.9 Å². The summed E-state index contributed by atoms with van der Waals surface area (Å²) in [7, 11) is 0. The molecule has 2 rings (SSSR count). The molecule has 0 aliphatic heterocycles. The molecule has 0 spiro atoms. The molecule has 0 saturated heterocycles. The van der Waals surface area contributed by atoms with Crippen LogP contribution in [0.4, 0.5) is 0 Å². The number of aromatic nitrogens is 3. The molecule has 1 aromatic heterocycles. The number of ether oxygens (including phenoxy) is 1. The monoisotopic (exact) mass is 259 g/mol. The SMILES string of the molecule is Cc1cc(C)cc(OCc2ncnn2CC(C)C)c1. The van der Waals surface area contributed by atoms with Crippen LogP contribution in [-0.4, -0.2) is 14.8 Å². The van der Waals surface area contributed by atoms with Crippen molar-refractivity contribution < 1.29 is 4.74 Å². The van der Waals surface area contributed by atoms with Crippen LogP contribution >= 0.6 is 0 Å². The first-order chi connectivity index (χ1) is 9.04. The summed E-state index contributed by atoms with van der Waals surface area (Å²) in [4.78, 5) is 4.26. The number of aryl methyl sites for hydroxylation is 2. The fourth-order valence-corrected chi connectivity index (χ4v) is 2.06. The second-order valence-electron chi connectivity index (χ2n) is 5.36. The van der Waals surface area contributed by atoms with Gasteiger partial charge in [-0.2, -0.15) is 5.10 Å². The lowest BCUT2D eigenvalue weighted by Gasteiger charge is -2.10. The van der Waals surface area contributed by atoms with Crippen molar-refractivity contribution in [3.8, 4) is 5.75 Å². The van der Waals surface area contributed by atoms with Gasteiger partial charge in [-0.1, -0.05) is 19.9 Å². The highest BCUT2D eigenvalue weighted by molar-refractivity contribution is 5.32. The molecule has 0 aliphatic rings. The highest BCUT2D eigenvalue weighted by Gasteiger charge is 2.07. The van der Waals surface area contributed by atoms with Gasteiger partial charge in [-0.3, -0.25) is 0 Å². The van der Waals surface area contributed by atoms with Gasteiger partial charge in [0.25, 0.3) is 0 Å². The summed E-state index contributed by atoms with van der Waals surface area (Å²) in [5.41, 5.74) is 2.41. The Balaban J connectivity index is 2.04. The van der Waals surface area contributed by atoms with Crippen molar-refractivity contribution in [2.75, 3.05) is 0 Å². The van der Waals surface area contributed by atoms with E-state index in [1.807, 2.05) is 16.8 Å². The molecule has 0 amide bonds. The van der Waals surface area contributed by atoms with E-state index in [9.17, 15) is 0 Å². The Morgan fingerprint density at radius 2 is 1.84 bits per heavy atom. The highest BCUT2D eigenvalue weighted by Crippen LogP contribution is 2.17. The van der Waals surface area contributed by atoms with Crippen LogP contribution in [0.3, 0.4) is 0 Å². The van der Waals surface area contributed by atoms with Crippen LogP contribution in [0.1, 0.15) is 30.8 Å². The highest BCUT2D eigenvalue weighted by atomic mass is 16.5. The number of hydrogen-bond donors (Lipinski definition) is 0. The molecule has 0 unspecified atom stereocenters. The lowest BCUT2D eigenvalue weighted by atomic mass is 10.1. The summed E-state index contributed by atoms with van der Waals surface area (Å²) in [6.07, 6.45) is 1.59. The first-order valence-electron chi connectivity index (χ1n) is 6.62. The van der Waals surface area contributed by atoms with Crippen molar-refractivity contribution in [1.82, 2.24) is 14.8 Å². The minimum Gasteiger partial charge on any atom is -0.486 e. The maximum atomic E-state index is 5.81. The van der Waals surface area contributed by atoms with E-state index in [4.69, 9.17) is 4.74 Å². The van der Waals surface area contributed by atoms with Crippen LogP contribution in [-0.2, 0) is 13.2 Å². The Labute approximate surface area is 114 Å². The minimum atomic E-state index is 0.454. The normalized spacial score (nSPS) is 11.0. The molecule has 19 heavy (non-hydrogen) atoms. The van der Waals surface area contributed by atoms with Gasteiger partial charge in [0.15, 0.2) is 5.82 Å². The van der Waals surface area contributed by atoms with Gasteiger partial charge in [0.05, 0.1) is 0 Å². The molecule has 0 atom stereocenters. The predicted octanol–water partition coefficient (Wildman–Crippen LogP) is 3.13. The number of rotatable bonds is 5. The Hall–Kier alpha value is -1.84. The van der Waals surface area contributed by atoms with Crippen molar-refractivity contribution in [2.45, 2.75) is 40.8 Å². The fraction of sp³-hybridized carbons (Fsp3) is 0.467.